The monoisotopic (exact) mass is 432 g/mol. The summed E-state index contributed by atoms with van der Waals surface area (Å²) in [5, 5.41) is 7.79. The maximum atomic E-state index is 12.9. The van der Waals surface area contributed by atoms with Crippen LogP contribution in [0.1, 0.15) is 44.2 Å². The Morgan fingerprint density at radius 1 is 1.00 bits per heavy atom. The van der Waals surface area contributed by atoms with E-state index in [2.05, 4.69) is 11.4 Å². The number of rotatable bonds is 9. The van der Waals surface area contributed by atoms with E-state index in [1.807, 2.05) is 76.2 Å². The van der Waals surface area contributed by atoms with Gasteiger partial charge in [-0.1, -0.05) is 61.9 Å². The first-order chi connectivity index (χ1) is 15.4. The normalized spacial score (nSPS) is 10.8. The molecular formula is C26H32N4O2. The number of carbonyl (C=O) groups excluding carboxylic acids is 2. The number of hydrogen-bond acceptors (Lipinski definition) is 3. The number of benzene rings is 2. The van der Waals surface area contributed by atoms with Crippen LogP contribution in [0.15, 0.2) is 54.6 Å². The molecular weight excluding hydrogens is 400 g/mol. The van der Waals surface area contributed by atoms with Crippen molar-refractivity contribution in [1.29, 1.82) is 0 Å². The van der Waals surface area contributed by atoms with E-state index in [0.29, 0.717) is 18.8 Å². The Morgan fingerprint density at radius 2 is 1.75 bits per heavy atom. The van der Waals surface area contributed by atoms with Gasteiger partial charge in [-0.2, -0.15) is 5.10 Å². The summed E-state index contributed by atoms with van der Waals surface area (Å²) in [6, 6.07) is 17.9. The molecule has 3 rings (SSSR count). The molecule has 2 amide bonds. The van der Waals surface area contributed by atoms with Crippen LogP contribution in [0.5, 0.6) is 0 Å². The van der Waals surface area contributed by atoms with Crippen molar-refractivity contribution in [3.05, 3.63) is 65.7 Å². The van der Waals surface area contributed by atoms with Gasteiger partial charge in [0.15, 0.2) is 0 Å². The maximum Gasteiger partial charge on any atom is 0.245 e. The van der Waals surface area contributed by atoms with Gasteiger partial charge in [0.2, 0.25) is 11.8 Å². The van der Waals surface area contributed by atoms with Gasteiger partial charge in [-0.3, -0.25) is 9.59 Å². The molecule has 0 bridgehead atoms. The molecule has 1 aromatic heterocycles. The number of aryl methyl sites for hydroxylation is 2. The molecule has 1 N–H and O–H groups in total. The standard InChI is InChI=1S/C26H32N4O2/c1-5-10-26(32)29(15-6-2)18-25(31)27-24-17-22(21-11-8-7-9-12-21)28-30(24)23-14-13-19(3)16-20(23)4/h7-9,11-14,16-17H,5-6,10,15,18H2,1-4H3,(H,27,31). The van der Waals surface area contributed by atoms with Crippen LogP contribution in [0.25, 0.3) is 16.9 Å². The van der Waals surface area contributed by atoms with Crippen molar-refractivity contribution >= 4 is 17.6 Å². The van der Waals surface area contributed by atoms with Crippen LogP contribution in [0.4, 0.5) is 5.82 Å². The molecule has 0 aliphatic carbocycles. The quantitative estimate of drug-likeness (QED) is 0.509. The molecule has 6 nitrogen and oxygen atoms in total. The van der Waals surface area contributed by atoms with Crippen LogP contribution >= 0.6 is 0 Å². The predicted octanol–water partition coefficient (Wildman–Crippen LogP) is 5.13. The number of nitrogens with zero attached hydrogens (tertiary/aromatic N) is 3. The largest absolute Gasteiger partial charge is 0.333 e. The van der Waals surface area contributed by atoms with Crippen molar-refractivity contribution < 1.29 is 9.59 Å². The highest BCUT2D eigenvalue weighted by Gasteiger charge is 2.19. The Labute approximate surface area is 190 Å². The molecule has 0 aliphatic heterocycles. The molecule has 168 valence electrons. The summed E-state index contributed by atoms with van der Waals surface area (Å²) in [5.74, 6) is 0.367. The number of hydrogen-bond donors (Lipinski definition) is 1. The predicted molar refractivity (Wildman–Crippen MR) is 129 cm³/mol. The zero-order valence-corrected chi connectivity index (χ0v) is 19.4. The van der Waals surface area contributed by atoms with Crippen molar-refractivity contribution in [3.63, 3.8) is 0 Å². The van der Waals surface area contributed by atoms with E-state index in [0.717, 1.165) is 40.9 Å². The van der Waals surface area contributed by atoms with Gasteiger partial charge in [-0.25, -0.2) is 4.68 Å². The lowest BCUT2D eigenvalue weighted by Crippen LogP contribution is -2.38. The van der Waals surface area contributed by atoms with Crippen molar-refractivity contribution in [3.8, 4) is 16.9 Å². The summed E-state index contributed by atoms with van der Waals surface area (Å²) in [6.45, 7) is 8.65. The van der Waals surface area contributed by atoms with Crippen molar-refractivity contribution in [1.82, 2.24) is 14.7 Å². The van der Waals surface area contributed by atoms with E-state index >= 15 is 0 Å². The number of anilines is 1. The average Bonchev–Trinajstić information content (AvgIpc) is 3.17. The molecule has 2 aromatic carbocycles. The summed E-state index contributed by atoms with van der Waals surface area (Å²) < 4.78 is 1.77. The maximum absolute atomic E-state index is 12.9. The van der Waals surface area contributed by atoms with E-state index in [4.69, 9.17) is 5.10 Å². The zero-order chi connectivity index (χ0) is 23.1. The molecule has 3 aromatic rings. The Balaban J connectivity index is 1.92. The zero-order valence-electron chi connectivity index (χ0n) is 19.4. The third-order valence-corrected chi connectivity index (χ3v) is 5.27. The summed E-state index contributed by atoms with van der Waals surface area (Å²) in [7, 11) is 0. The summed E-state index contributed by atoms with van der Waals surface area (Å²) >= 11 is 0. The molecule has 0 saturated carbocycles. The summed E-state index contributed by atoms with van der Waals surface area (Å²) in [6.07, 6.45) is 2.02. The van der Waals surface area contributed by atoms with Crippen LogP contribution in [0.2, 0.25) is 0 Å². The molecule has 0 spiro atoms. The van der Waals surface area contributed by atoms with E-state index < -0.39 is 0 Å². The van der Waals surface area contributed by atoms with E-state index in [1.54, 1.807) is 9.58 Å². The molecule has 0 aliphatic rings. The van der Waals surface area contributed by atoms with Crippen LogP contribution < -0.4 is 5.32 Å². The average molecular weight is 433 g/mol. The van der Waals surface area contributed by atoms with E-state index in [1.165, 1.54) is 0 Å². The first kappa shape index (κ1) is 23.3. The minimum atomic E-state index is -0.228. The van der Waals surface area contributed by atoms with Gasteiger partial charge in [0.25, 0.3) is 0 Å². The van der Waals surface area contributed by atoms with Gasteiger partial charge >= 0.3 is 0 Å². The molecule has 32 heavy (non-hydrogen) atoms. The lowest BCUT2D eigenvalue weighted by atomic mass is 10.1. The number of aromatic nitrogens is 2. The van der Waals surface area contributed by atoms with Crippen LogP contribution in [0.3, 0.4) is 0 Å². The number of amides is 2. The van der Waals surface area contributed by atoms with Crippen molar-refractivity contribution in [2.45, 2.75) is 47.0 Å². The van der Waals surface area contributed by atoms with E-state index in [9.17, 15) is 9.59 Å². The Bertz CT molecular complexity index is 1070. The van der Waals surface area contributed by atoms with E-state index in [-0.39, 0.29) is 18.4 Å². The minimum absolute atomic E-state index is 0.0114. The third-order valence-electron chi connectivity index (χ3n) is 5.27. The summed E-state index contributed by atoms with van der Waals surface area (Å²) in [5.41, 5.74) is 4.87. The smallest absolute Gasteiger partial charge is 0.245 e. The van der Waals surface area contributed by atoms with Gasteiger partial charge in [-0.15, -0.1) is 0 Å². The van der Waals surface area contributed by atoms with Crippen molar-refractivity contribution in [2.75, 3.05) is 18.4 Å². The van der Waals surface area contributed by atoms with Crippen LogP contribution in [-0.2, 0) is 9.59 Å². The molecule has 0 saturated heterocycles. The Kier molecular flexibility index (Phi) is 7.82. The highest BCUT2D eigenvalue weighted by atomic mass is 16.2. The number of nitrogens with one attached hydrogen (secondary N) is 1. The Morgan fingerprint density at radius 3 is 2.41 bits per heavy atom. The van der Waals surface area contributed by atoms with Crippen molar-refractivity contribution in [2.24, 2.45) is 0 Å². The topological polar surface area (TPSA) is 67.2 Å². The van der Waals surface area contributed by atoms with Gasteiger partial charge in [0.1, 0.15) is 5.82 Å². The first-order valence-electron chi connectivity index (χ1n) is 11.2. The lowest BCUT2D eigenvalue weighted by Gasteiger charge is -2.21. The minimum Gasteiger partial charge on any atom is -0.333 e. The fourth-order valence-corrected chi connectivity index (χ4v) is 3.74. The second-order valence-corrected chi connectivity index (χ2v) is 8.10. The van der Waals surface area contributed by atoms with Gasteiger partial charge in [-0.05, 0) is 38.3 Å². The molecule has 1 heterocycles. The van der Waals surface area contributed by atoms with Gasteiger partial charge < -0.3 is 10.2 Å². The highest BCUT2D eigenvalue weighted by molar-refractivity contribution is 5.94. The second kappa shape index (κ2) is 10.8. The highest BCUT2D eigenvalue weighted by Crippen LogP contribution is 2.26. The molecule has 0 unspecified atom stereocenters. The molecule has 0 fully saturated rings. The summed E-state index contributed by atoms with van der Waals surface area (Å²) in [4.78, 5) is 27.0. The second-order valence-electron chi connectivity index (χ2n) is 8.10. The molecule has 6 heteroatoms. The Hall–Kier alpha value is -3.41. The molecule has 0 radical (unpaired) electrons. The third kappa shape index (κ3) is 5.63. The fraction of sp³-hybridized carbons (Fsp3) is 0.346. The van der Waals surface area contributed by atoms with Crippen LogP contribution in [-0.4, -0.2) is 39.6 Å². The first-order valence-corrected chi connectivity index (χ1v) is 11.2. The number of carbonyl (C=O) groups is 2. The van der Waals surface area contributed by atoms with Crippen LogP contribution in [0, 0.1) is 13.8 Å². The SMILES string of the molecule is CCCC(=O)N(CCC)CC(=O)Nc1cc(-c2ccccc2)nn1-c1ccc(C)cc1C. The van der Waals surface area contributed by atoms with Gasteiger partial charge in [0, 0.05) is 24.6 Å². The fourth-order valence-electron chi connectivity index (χ4n) is 3.74. The van der Waals surface area contributed by atoms with Gasteiger partial charge in [0.05, 0.1) is 17.9 Å². The lowest BCUT2D eigenvalue weighted by molar-refractivity contribution is -0.134. The molecule has 0 atom stereocenters.